The maximum absolute atomic E-state index is 12.7. The first-order valence-electron chi connectivity index (χ1n) is 9.72. The van der Waals surface area contributed by atoms with Crippen LogP contribution in [-0.4, -0.2) is 35.5 Å². The number of hydrogen-bond donors (Lipinski definition) is 2. The molecular formula is C22H27N3OS. The lowest BCUT2D eigenvalue weighted by Crippen LogP contribution is -2.40. The molecule has 142 valence electrons. The van der Waals surface area contributed by atoms with Gasteiger partial charge in [0.25, 0.3) is 0 Å². The van der Waals surface area contributed by atoms with Crippen molar-refractivity contribution >= 4 is 28.5 Å². The molecule has 2 unspecified atom stereocenters. The number of nitrogen functional groups attached to an aromatic ring is 1. The van der Waals surface area contributed by atoms with Gasteiger partial charge in [0.1, 0.15) is 5.71 Å². The SMILES string of the molecule is Cc1ccc(-c2ccc(C(=N)C(=O)CC3CC4CCC(C3)N4C)c(N)c2)s1. The number of carbonyl (C=O) groups excluding carboxylic acids is 1. The summed E-state index contributed by atoms with van der Waals surface area (Å²) in [5.74, 6) is 0.330. The summed E-state index contributed by atoms with van der Waals surface area (Å²) in [5.41, 5.74) is 8.40. The van der Waals surface area contributed by atoms with Gasteiger partial charge in [0.05, 0.1) is 0 Å². The maximum atomic E-state index is 12.7. The van der Waals surface area contributed by atoms with Crippen molar-refractivity contribution in [1.82, 2.24) is 4.90 Å². The second-order valence-corrected chi connectivity index (χ2v) is 9.39. The lowest BCUT2D eigenvalue weighted by Gasteiger charge is -2.36. The number of benzene rings is 1. The van der Waals surface area contributed by atoms with Crippen molar-refractivity contribution in [2.45, 2.75) is 51.1 Å². The Morgan fingerprint density at radius 3 is 2.52 bits per heavy atom. The van der Waals surface area contributed by atoms with E-state index in [1.165, 1.54) is 17.7 Å². The molecule has 2 bridgehead atoms. The van der Waals surface area contributed by atoms with Gasteiger partial charge in [-0.2, -0.15) is 0 Å². The number of rotatable bonds is 5. The van der Waals surface area contributed by atoms with Crippen molar-refractivity contribution in [3.05, 3.63) is 40.8 Å². The molecule has 3 N–H and O–H groups in total. The molecule has 0 spiro atoms. The largest absolute Gasteiger partial charge is 0.398 e. The number of thiophene rings is 1. The lowest BCUT2D eigenvalue weighted by atomic mass is 9.85. The van der Waals surface area contributed by atoms with Crippen molar-refractivity contribution in [2.75, 3.05) is 12.8 Å². The number of nitrogens with zero attached hydrogens (tertiary/aromatic N) is 1. The van der Waals surface area contributed by atoms with E-state index < -0.39 is 0 Å². The topological polar surface area (TPSA) is 70.2 Å². The summed E-state index contributed by atoms with van der Waals surface area (Å²) in [6.45, 7) is 2.08. The predicted molar refractivity (Wildman–Crippen MR) is 113 cm³/mol. The molecule has 0 radical (unpaired) electrons. The van der Waals surface area contributed by atoms with Gasteiger partial charge in [-0.1, -0.05) is 6.07 Å². The molecule has 2 aromatic rings. The van der Waals surface area contributed by atoms with E-state index in [0.29, 0.717) is 35.7 Å². The molecule has 1 aromatic heterocycles. The number of anilines is 1. The molecule has 1 aromatic carbocycles. The quantitative estimate of drug-likeness (QED) is 0.591. The number of hydrogen-bond acceptors (Lipinski definition) is 5. The minimum Gasteiger partial charge on any atom is -0.398 e. The second kappa shape index (κ2) is 7.21. The zero-order valence-electron chi connectivity index (χ0n) is 16.0. The highest BCUT2D eigenvalue weighted by Gasteiger charge is 2.39. The first-order valence-corrected chi connectivity index (χ1v) is 10.5. The highest BCUT2D eigenvalue weighted by molar-refractivity contribution is 7.15. The normalized spacial score (nSPS) is 24.9. The predicted octanol–water partition coefficient (Wildman–Crippen LogP) is 4.51. The van der Waals surface area contributed by atoms with Crippen LogP contribution in [0.2, 0.25) is 0 Å². The van der Waals surface area contributed by atoms with Crippen molar-refractivity contribution in [3.8, 4) is 10.4 Å². The van der Waals surface area contributed by atoms with E-state index in [-0.39, 0.29) is 11.5 Å². The Balaban J connectivity index is 1.45. The zero-order valence-corrected chi connectivity index (χ0v) is 16.8. The minimum atomic E-state index is -0.0737. The van der Waals surface area contributed by atoms with E-state index in [1.807, 2.05) is 18.2 Å². The molecule has 0 aliphatic carbocycles. The number of aryl methyl sites for hydroxylation is 1. The van der Waals surface area contributed by atoms with Crippen molar-refractivity contribution in [3.63, 3.8) is 0 Å². The van der Waals surface area contributed by atoms with Gasteiger partial charge in [-0.3, -0.25) is 10.2 Å². The highest BCUT2D eigenvalue weighted by atomic mass is 32.1. The van der Waals surface area contributed by atoms with E-state index in [9.17, 15) is 4.79 Å². The van der Waals surface area contributed by atoms with E-state index in [0.717, 1.165) is 23.3 Å². The average Bonchev–Trinajstić information content (AvgIpc) is 3.14. The highest BCUT2D eigenvalue weighted by Crippen LogP contribution is 2.39. The monoisotopic (exact) mass is 381 g/mol. The smallest absolute Gasteiger partial charge is 0.181 e. The van der Waals surface area contributed by atoms with Crippen molar-refractivity contribution in [1.29, 1.82) is 5.41 Å². The van der Waals surface area contributed by atoms with E-state index in [1.54, 1.807) is 11.3 Å². The summed E-state index contributed by atoms with van der Waals surface area (Å²) in [7, 11) is 2.21. The Bertz CT molecular complexity index is 873. The average molecular weight is 382 g/mol. The molecule has 2 fully saturated rings. The van der Waals surface area contributed by atoms with E-state index in [4.69, 9.17) is 11.1 Å². The molecule has 27 heavy (non-hydrogen) atoms. The first-order chi connectivity index (χ1) is 12.9. The van der Waals surface area contributed by atoms with Crippen LogP contribution in [0.4, 0.5) is 5.69 Å². The summed E-state index contributed by atoms with van der Waals surface area (Å²) < 4.78 is 0. The molecule has 4 nitrogen and oxygen atoms in total. The molecule has 2 atom stereocenters. The maximum Gasteiger partial charge on any atom is 0.181 e. The van der Waals surface area contributed by atoms with E-state index >= 15 is 0 Å². The van der Waals surface area contributed by atoms with Crippen LogP contribution in [0.15, 0.2) is 30.3 Å². The standard InChI is InChI=1S/C22H27N3OS/c1-13-3-8-21(27-13)15-4-7-18(19(23)12-15)22(24)20(26)11-14-9-16-5-6-17(10-14)25(16)2/h3-4,7-8,12,14,16-17,24H,5-6,9-11,23H2,1-2H3. The molecule has 5 heteroatoms. The number of piperidine rings is 1. The van der Waals surface area contributed by atoms with Gasteiger partial charge in [0, 0.05) is 39.5 Å². The fourth-order valence-corrected chi connectivity index (χ4v) is 5.60. The van der Waals surface area contributed by atoms with Crippen LogP contribution in [-0.2, 0) is 4.79 Å². The minimum absolute atomic E-state index is 0.0627. The fourth-order valence-electron chi connectivity index (χ4n) is 4.74. The van der Waals surface area contributed by atoms with E-state index in [2.05, 4.69) is 31.0 Å². The van der Waals surface area contributed by atoms with Gasteiger partial charge in [-0.15, -0.1) is 11.3 Å². The second-order valence-electron chi connectivity index (χ2n) is 8.10. The third kappa shape index (κ3) is 3.58. The Kier molecular flexibility index (Phi) is 4.91. The number of ketones is 1. The summed E-state index contributed by atoms with van der Waals surface area (Å²) >= 11 is 1.72. The summed E-state index contributed by atoms with van der Waals surface area (Å²) in [6.07, 6.45) is 5.14. The Morgan fingerprint density at radius 1 is 1.22 bits per heavy atom. The molecule has 2 aliphatic heterocycles. The molecule has 4 rings (SSSR count). The zero-order chi connectivity index (χ0) is 19.1. The Labute approximate surface area is 164 Å². The van der Waals surface area contributed by atoms with Crippen LogP contribution in [0.3, 0.4) is 0 Å². The Hall–Kier alpha value is -1.98. The van der Waals surface area contributed by atoms with Crippen LogP contribution >= 0.6 is 11.3 Å². The number of nitrogens with one attached hydrogen (secondary N) is 1. The molecule has 0 saturated carbocycles. The van der Waals surface area contributed by atoms with Crippen LogP contribution in [0.1, 0.15) is 42.5 Å². The summed E-state index contributed by atoms with van der Waals surface area (Å²) in [5, 5.41) is 8.39. The van der Waals surface area contributed by atoms with Gasteiger partial charge < -0.3 is 10.6 Å². The van der Waals surface area contributed by atoms with Gasteiger partial charge in [0.15, 0.2) is 5.78 Å². The fraction of sp³-hybridized carbons (Fsp3) is 0.455. The van der Waals surface area contributed by atoms with Gasteiger partial charge in [-0.05, 0) is 75.4 Å². The molecule has 0 amide bonds. The third-order valence-corrected chi connectivity index (χ3v) is 7.34. The first kappa shape index (κ1) is 18.4. The number of nitrogens with two attached hydrogens (primary N) is 1. The number of carbonyl (C=O) groups is 1. The number of Topliss-reactive ketones (excluding diaryl/α,β-unsaturated/α-hetero) is 1. The van der Waals surface area contributed by atoms with Crippen molar-refractivity contribution < 1.29 is 4.79 Å². The number of fused-ring (bicyclic) bond motifs is 2. The molecule has 2 aliphatic rings. The Morgan fingerprint density at radius 2 is 1.93 bits per heavy atom. The lowest BCUT2D eigenvalue weighted by molar-refractivity contribution is -0.114. The van der Waals surface area contributed by atoms with Crippen LogP contribution in [0.25, 0.3) is 10.4 Å². The van der Waals surface area contributed by atoms with Gasteiger partial charge in [0.2, 0.25) is 0 Å². The van der Waals surface area contributed by atoms with Gasteiger partial charge >= 0.3 is 0 Å². The third-order valence-electron chi connectivity index (χ3n) is 6.29. The molecule has 2 saturated heterocycles. The van der Waals surface area contributed by atoms with Crippen LogP contribution < -0.4 is 5.73 Å². The molecular weight excluding hydrogens is 354 g/mol. The molecule has 3 heterocycles. The van der Waals surface area contributed by atoms with Crippen molar-refractivity contribution in [2.24, 2.45) is 5.92 Å². The van der Waals surface area contributed by atoms with Gasteiger partial charge in [-0.25, -0.2) is 0 Å². The van der Waals surface area contributed by atoms with Crippen LogP contribution in [0, 0.1) is 18.3 Å². The summed E-state index contributed by atoms with van der Waals surface area (Å²) in [4.78, 5) is 17.6. The van der Waals surface area contributed by atoms with Crippen LogP contribution in [0.5, 0.6) is 0 Å². The summed E-state index contributed by atoms with van der Waals surface area (Å²) in [6, 6.07) is 11.1.